The number of carbonyl (C=O) groups is 1. The molecule has 0 radical (unpaired) electrons. The second-order valence-electron chi connectivity index (χ2n) is 9.19. The molecule has 28 heavy (non-hydrogen) atoms. The topological polar surface area (TPSA) is 63.8 Å². The van der Waals surface area contributed by atoms with Gasteiger partial charge in [0, 0.05) is 28.4 Å². The molecule has 0 aliphatic carbocycles. The molecular weight excluding hydrogens is 372 g/mol. The van der Waals surface area contributed by atoms with Crippen LogP contribution in [0, 0.1) is 0 Å². The van der Waals surface area contributed by atoms with Gasteiger partial charge < -0.3 is 9.84 Å². The summed E-state index contributed by atoms with van der Waals surface area (Å²) < 4.78 is 7.75. The summed E-state index contributed by atoms with van der Waals surface area (Å²) in [7, 11) is 1.70. The zero-order valence-electron chi connectivity index (χ0n) is 17.6. The summed E-state index contributed by atoms with van der Waals surface area (Å²) in [5.41, 5.74) is 4.11. The predicted octanol–water partition coefficient (Wildman–Crippen LogP) is 5.29. The number of ether oxygens (including phenoxy) is 1. The molecule has 3 aromatic rings. The highest BCUT2D eigenvalue weighted by Crippen LogP contribution is 2.42. The van der Waals surface area contributed by atoms with Gasteiger partial charge in [0.2, 0.25) is 0 Å². The molecule has 2 aromatic heterocycles. The third kappa shape index (κ3) is 3.92. The van der Waals surface area contributed by atoms with E-state index in [0.717, 1.165) is 32.4 Å². The molecule has 150 valence electrons. The van der Waals surface area contributed by atoms with Gasteiger partial charge in [0.1, 0.15) is 5.75 Å². The molecule has 6 heteroatoms. The van der Waals surface area contributed by atoms with Crippen LogP contribution in [0.25, 0.3) is 16.2 Å². The van der Waals surface area contributed by atoms with E-state index < -0.39 is 5.97 Å². The number of thiazole rings is 1. The van der Waals surface area contributed by atoms with Crippen molar-refractivity contribution < 1.29 is 14.6 Å². The fraction of sp³-hybridized carbons (Fsp3) is 0.455. The average molecular weight is 401 g/mol. The minimum Gasteiger partial charge on any atom is -0.496 e. The zero-order chi connectivity index (χ0) is 20.9. The van der Waals surface area contributed by atoms with E-state index in [0.29, 0.717) is 0 Å². The van der Waals surface area contributed by atoms with Crippen molar-refractivity contribution in [2.45, 2.75) is 58.8 Å². The number of methoxy groups -OCH3 is 1. The van der Waals surface area contributed by atoms with Crippen LogP contribution in [0.3, 0.4) is 0 Å². The number of aromatic nitrogens is 2. The second-order valence-corrected chi connectivity index (χ2v) is 10.3. The smallest absolute Gasteiger partial charge is 0.308 e. The lowest BCUT2D eigenvalue weighted by Gasteiger charge is -2.28. The van der Waals surface area contributed by atoms with E-state index in [9.17, 15) is 4.79 Å². The predicted molar refractivity (Wildman–Crippen MR) is 114 cm³/mol. The highest BCUT2D eigenvalue weighted by molar-refractivity contribution is 7.17. The number of hydrogen-bond acceptors (Lipinski definition) is 4. The molecule has 0 bridgehead atoms. The maximum Gasteiger partial charge on any atom is 0.308 e. The second kappa shape index (κ2) is 6.92. The molecule has 0 saturated carbocycles. The van der Waals surface area contributed by atoms with E-state index in [2.05, 4.69) is 53.7 Å². The Kier molecular flexibility index (Phi) is 5.04. The summed E-state index contributed by atoms with van der Waals surface area (Å²) in [6.45, 7) is 13.2. The van der Waals surface area contributed by atoms with Gasteiger partial charge in [-0.15, -0.1) is 11.3 Å². The highest BCUT2D eigenvalue weighted by atomic mass is 32.1. The maximum absolute atomic E-state index is 11.0. The third-order valence-electron chi connectivity index (χ3n) is 4.77. The molecule has 0 atom stereocenters. The number of hydrogen-bond donors (Lipinski definition) is 1. The Bertz CT molecular complexity index is 1000. The van der Waals surface area contributed by atoms with Gasteiger partial charge >= 0.3 is 5.97 Å². The van der Waals surface area contributed by atoms with E-state index >= 15 is 0 Å². The monoisotopic (exact) mass is 400 g/mol. The normalized spacial score (nSPS) is 12.5. The van der Waals surface area contributed by atoms with Crippen LogP contribution in [0.1, 0.15) is 57.5 Å². The SMILES string of the molecule is COc1c(-c2cn3cc(CC(=O)O)sc3n2)cc(C(C)(C)C)cc1C(C)(C)C. The van der Waals surface area contributed by atoms with Crippen LogP contribution in [0.15, 0.2) is 24.5 Å². The van der Waals surface area contributed by atoms with Crippen molar-refractivity contribution in [1.29, 1.82) is 0 Å². The standard InChI is InChI=1S/C22H28N2O3S/c1-21(2,3)13-8-15(19(27-7)16(9-13)22(4,5)6)17-12-24-11-14(10-18(25)26)28-20(24)23-17/h8-9,11-12H,10H2,1-7H3,(H,25,26). The highest BCUT2D eigenvalue weighted by Gasteiger charge is 2.27. The van der Waals surface area contributed by atoms with Gasteiger partial charge in [0.05, 0.1) is 19.2 Å². The summed E-state index contributed by atoms with van der Waals surface area (Å²) in [5, 5.41) is 9.00. The quantitative estimate of drug-likeness (QED) is 0.646. The van der Waals surface area contributed by atoms with Crippen LogP contribution in [0.5, 0.6) is 5.75 Å². The van der Waals surface area contributed by atoms with E-state index in [4.69, 9.17) is 14.8 Å². The van der Waals surface area contributed by atoms with Crippen molar-refractivity contribution in [1.82, 2.24) is 9.38 Å². The van der Waals surface area contributed by atoms with Gasteiger partial charge in [-0.1, -0.05) is 47.6 Å². The van der Waals surface area contributed by atoms with E-state index in [-0.39, 0.29) is 17.3 Å². The lowest BCUT2D eigenvalue weighted by Crippen LogP contribution is -2.18. The van der Waals surface area contributed by atoms with Gasteiger partial charge in [-0.05, 0) is 22.5 Å². The summed E-state index contributed by atoms with van der Waals surface area (Å²) in [6, 6.07) is 4.41. The molecule has 1 aromatic carbocycles. The van der Waals surface area contributed by atoms with Crippen LogP contribution >= 0.6 is 11.3 Å². The minimum absolute atomic E-state index is 0.00715. The van der Waals surface area contributed by atoms with E-state index in [1.165, 1.54) is 16.9 Å². The van der Waals surface area contributed by atoms with Gasteiger partial charge in [-0.25, -0.2) is 4.98 Å². The molecule has 1 N–H and O–H groups in total. The third-order valence-corrected chi connectivity index (χ3v) is 5.77. The van der Waals surface area contributed by atoms with Gasteiger partial charge in [-0.2, -0.15) is 0 Å². The summed E-state index contributed by atoms with van der Waals surface area (Å²) in [4.78, 5) is 17.3. The van der Waals surface area contributed by atoms with Crippen molar-refractivity contribution in [2.24, 2.45) is 0 Å². The zero-order valence-corrected chi connectivity index (χ0v) is 18.4. The minimum atomic E-state index is -0.834. The first-order valence-corrected chi connectivity index (χ1v) is 10.1. The number of carboxylic acid groups (broad SMARTS) is 1. The number of benzene rings is 1. The van der Waals surface area contributed by atoms with E-state index in [1.807, 2.05) is 16.8 Å². The van der Waals surface area contributed by atoms with Crippen LogP contribution in [-0.2, 0) is 22.0 Å². The van der Waals surface area contributed by atoms with Crippen molar-refractivity contribution >= 4 is 22.3 Å². The van der Waals surface area contributed by atoms with Gasteiger partial charge in [0.25, 0.3) is 0 Å². The Hall–Kier alpha value is -2.34. The number of aliphatic carboxylic acids is 1. The van der Waals surface area contributed by atoms with Crippen molar-refractivity contribution in [3.05, 3.63) is 40.5 Å². The van der Waals surface area contributed by atoms with Gasteiger partial charge in [-0.3, -0.25) is 9.20 Å². The van der Waals surface area contributed by atoms with Crippen LogP contribution < -0.4 is 4.74 Å². The largest absolute Gasteiger partial charge is 0.496 e. The van der Waals surface area contributed by atoms with E-state index in [1.54, 1.807) is 7.11 Å². The Morgan fingerprint density at radius 1 is 1.14 bits per heavy atom. The molecule has 0 spiro atoms. The molecule has 0 aliphatic heterocycles. The average Bonchev–Trinajstić information content (AvgIpc) is 3.09. The maximum atomic E-state index is 11.0. The molecule has 2 heterocycles. The number of imidazole rings is 1. The summed E-state index contributed by atoms with van der Waals surface area (Å²) in [6.07, 6.45) is 3.81. The van der Waals surface area contributed by atoms with Crippen LogP contribution in [0.2, 0.25) is 0 Å². The Morgan fingerprint density at radius 2 is 1.82 bits per heavy atom. The number of fused-ring (bicyclic) bond motifs is 1. The van der Waals surface area contributed by atoms with Crippen LogP contribution in [0.4, 0.5) is 0 Å². The Morgan fingerprint density at radius 3 is 2.32 bits per heavy atom. The lowest BCUT2D eigenvalue weighted by atomic mass is 9.78. The fourth-order valence-corrected chi connectivity index (χ4v) is 4.18. The molecule has 0 fully saturated rings. The molecule has 0 saturated heterocycles. The summed E-state index contributed by atoms with van der Waals surface area (Å²) >= 11 is 1.40. The first-order valence-electron chi connectivity index (χ1n) is 9.32. The molecule has 5 nitrogen and oxygen atoms in total. The number of nitrogens with zero attached hydrogens (tertiary/aromatic N) is 2. The Labute approximate surface area is 170 Å². The number of rotatable bonds is 4. The van der Waals surface area contributed by atoms with Crippen LogP contribution in [-0.4, -0.2) is 27.6 Å². The lowest BCUT2D eigenvalue weighted by molar-refractivity contribution is -0.136. The molecule has 0 amide bonds. The van der Waals surface area contributed by atoms with Crippen molar-refractivity contribution in [2.75, 3.05) is 7.11 Å². The summed E-state index contributed by atoms with van der Waals surface area (Å²) in [5.74, 6) is 0.0103. The van der Waals surface area contributed by atoms with Crippen molar-refractivity contribution in [3.63, 3.8) is 0 Å². The van der Waals surface area contributed by atoms with Gasteiger partial charge in [0.15, 0.2) is 4.96 Å². The molecule has 3 rings (SSSR count). The fourth-order valence-electron chi connectivity index (χ4n) is 3.23. The Balaban J connectivity index is 2.20. The van der Waals surface area contributed by atoms with Crippen molar-refractivity contribution in [3.8, 4) is 17.0 Å². The first kappa shape index (κ1) is 20.4. The molecule has 0 aliphatic rings. The molecule has 0 unspecified atom stereocenters. The number of carboxylic acids is 1. The first-order chi connectivity index (χ1) is 12.9. The molecular formula is C22H28N2O3S.